The van der Waals surface area contributed by atoms with Gasteiger partial charge in [0.25, 0.3) is 5.69 Å². The number of nitrogens with zero attached hydrogens (tertiary/aromatic N) is 1. The van der Waals surface area contributed by atoms with Crippen molar-refractivity contribution in [3.8, 4) is 0 Å². The van der Waals surface area contributed by atoms with Crippen LogP contribution in [0.3, 0.4) is 0 Å². The summed E-state index contributed by atoms with van der Waals surface area (Å²) in [5.41, 5.74) is -1.09. The molecule has 0 saturated heterocycles. The van der Waals surface area contributed by atoms with Crippen LogP contribution in [0.25, 0.3) is 0 Å². The molecule has 2 aromatic carbocycles. The van der Waals surface area contributed by atoms with E-state index in [4.69, 9.17) is 23.2 Å². The molecule has 0 aliphatic rings. The predicted octanol–water partition coefficient (Wildman–Crippen LogP) is 6.07. The number of nitro groups is 1. The van der Waals surface area contributed by atoms with Gasteiger partial charge in [-0.1, -0.05) is 41.0 Å². The number of benzene rings is 2. The number of non-ortho nitro benzene ring substituents is 1. The summed E-state index contributed by atoms with van der Waals surface area (Å²) >= 11 is 12.8. The standard InChI is InChI=1S/C13H6Cl2F3NO2S/c14-10-5-8(19(20)21)6-11(15)12(10)22-9-3-1-2-7(4-9)13(16,17)18/h1-6H. The van der Waals surface area contributed by atoms with Crippen molar-refractivity contribution in [1.29, 1.82) is 0 Å². The summed E-state index contributed by atoms with van der Waals surface area (Å²) in [6, 6.07) is 6.83. The second-order valence-corrected chi connectivity index (χ2v) is 6.02. The fourth-order valence-corrected chi connectivity index (χ4v) is 3.19. The van der Waals surface area contributed by atoms with Crippen molar-refractivity contribution in [1.82, 2.24) is 0 Å². The molecule has 0 spiro atoms. The number of rotatable bonds is 3. The zero-order valence-electron chi connectivity index (χ0n) is 10.5. The molecule has 0 radical (unpaired) electrons. The molecule has 0 unspecified atom stereocenters. The van der Waals surface area contributed by atoms with Gasteiger partial charge in [-0.3, -0.25) is 10.1 Å². The highest BCUT2D eigenvalue weighted by atomic mass is 35.5. The van der Waals surface area contributed by atoms with E-state index < -0.39 is 16.7 Å². The van der Waals surface area contributed by atoms with E-state index in [1.54, 1.807) is 0 Å². The van der Waals surface area contributed by atoms with E-state index in [0.29, 0.717) is 0 Å². The maximum absolute atomic E-state index is 12.7. The Morgan fingerprint density at radius 2 is 1.68 bits per heavy atom. The second-order valence-electron chi connectivity index (χ2n) is 4.12. The Morgan fingerprint density at radius 3 is 2.18 bits per heavy atom. The topological polar surface area (TPSA) is 43.1 Å². The van der Waals surface area contributed by atoms with E-state index in [0.717, 1.165) is 36.0 Å². The van der Waals surface area contributed by atoms with Gasteiger partial charge in [0, 0.05) is 21.9 Å². The van der Waals surface area contributed by atoms with E-state index in [9.17, 15) is 23.3 Å². The van der Waals surface area contributed by atoms with Gasteiger partial charge in [-0.05, 0) is 18.2 Å². The monoisotopic (exact) mass is 367 g/mol. The van der Waals surface area contributed by atoms with Crippen LogP contribution in [-0.4, -0.2) is 4.92 Å². The highest BCUT2D eigenvalue weighted by molar-refractivity contribution is 7.99. The SMILES string of the molecule is O=[N+]([O-])c1cc(Cl)c(Sc2cccc(C(F)(F)F)c2)c(Cl)c1. The van der Waals surface area contributed by atoms with Gasteiger partial charge >= 0.3 is 6.18 Å². The minimum atomic E-state index is -4.46. The molecule has 0 bridgehead atoms. The molecular weight excluding hydrogens is 362 g/mol. The Morgan fingerprint density at radius 1 is 1.09 bits per heavy atom. The van der Waals surface area contributed by atoms with Gasteiger partial charge in [-0.25, -0.2) is 0 Å². The molecule has 2 rings (SSSR count). The number of alkyl halides is 3. The Labute approximate surface area is 137 Å². The van der Waals surface area contributed by atoms with E-state index >= 15 is 0 Å². The zero-order valence-corrected chi connectivity index (χ0v) is 12.9. The second kappa shape index (κ2) is 6.36. The fourth-order valence-electron chi connectivity index (χ4n) is 1.60. The van der Waals surface area contributed by atoms with E-state index in [-0.39, 0.29) is 25.5 Å². The molecule has 0 aliphatic carbocycles. The van der Waals surface area contributed by atoms with Gasteiger partial charge in [0.2, 0.25) is 0 Å². The van der Waals surface area contributed by atoms with Crippen LogP contribution < -0.4 is 0 Å². The first kappa shape index (κ1) is 16.9. The van der Waals surface area contributed by atoms with Crippen molar-refractivity contribution in [2.75, 3.05) is 0 Å². The Balaban J connectivity index is 2.38. The lowest BCUT2D eigenvalue weighted by Gasteiger charge is -2.10. The first-order chi connectivity index (χ1) is 10.2. The quantitative estimate of drug-likeness (QED) is 0.488. The van der Waals surface area contributed by atoms with Crippen LogP contribution in [0, 0.1) is 10.1 Å². The molecule has 0 atom stereocenters. The summed E-state index contributed by atoms with van der Waals surface area (Å²) in [7, 11) is 0. The normalized spacial score (nSPS) is 11.5. The largest absolute Gasteiger partial charge is 0.416 e. The van der Waals surface area contributed by atoms with E-state index in [1.165, 1.54) is 12.1 Å². The number of hydrogen-bond acceptors (Lipinski definition) is 3. The maximum atomic E-state index is 12.7. The van der Waals surface area contributed by atoms with Gasteiger partial charge in [0.05, 0.1) is 20.5 Å². The first-order valence-corrected chi connectivity index (χ1v) is 7.24. The van der Waals surface area contributed by atoms with E-state index in [1.807, 2.05) is 0 Å². The number of hydrogen-bond donors (Lipinski definition) is 0. The third-order valence-corrected chi connectivity index (χ3v) is 4.53. The Bertz CT molecular complexity index is 714. The molecule has 9 heteroatoms. The summed E-state index contributed by atoms with van der Waals surface area (Å²) in [5, 5.41) is 10.7. The molecule has 0 aromatic heterocycles. The van der Waals surface area contributed by atoms with Gasteiger partial charge in [-0.15, -0.1) is 0 Å². The average Bonchev–Trinajstić information content (AvgIpc) is 2.42. The van der Waals surface area contributed by atoms with Crippen LogP contribution in [0.5, 0.6) is 0 Å². The molecule has 0 saturated carbocycles. The van der Waals surface area contributed by atoms with Gasteiger partial charge in [0.1, 0.15) is 0 Å². The number of nitro benzene ring substituents is 1. The fraction of sp³-hybridized carbons (Fsp3) is 0.0769. The van der Waals surface area contributed by atoms with Crippen molar-refractivity contribution in [2.24, 2.45) is 0 Å². The number of halogens is 5. The summed E-state index contributed by atoms with van der Waals surface area (Å²) in [6.45, 7) is 0. The van der Waals surface area contributed by atoms with Crippen LogP contribution >= 0.6 is 35.0 Å². The van der Waals surface area contributed by atoms with Crippen molar-refractivity contribution in [2.45, 2.75) is 16.0 Å². The maximum Gasteiger partial charge on any atom is 0.416 e. The predicted molar refractivity (Wildman–Crippen MR) is 78.7 cm³/mol. The molecule has 0 fully saturated rings. The van der Waals surface area contributed by atoms with Gasteiger partial charge in [0.15, 0.2) is 0 Å². The molecule has 0 N–H and O–H groups in total. The molecule has 0 aliphatic heterocycles. The highest BCUT2D eigenvalue weighted by Gasteiger charge is 2.30. The average molecular weight is 368 g/mol. The minimum Gasteiger partial charge on any atom is -0.258 e. The van der Waals surface area contributed by atoms with Crippen molar-refractivity contribution in [3.05, 3.63) is 62.1 Å². The van der Waals surface area contributed by atoms with E-state index in [2.05, 4.69) is 0 Å². The van der Waals surface area contributed by atoms with Crippen LogP contribution in [0.1, 0.15) is 5.56 Å². The third-order valence-electron chi connectivity index (χ3n) is 2.58. The molecule has 0 heterocycles. The molecule has 116 valence electrons. The molecule has 2 aromatic rings. The third kappa shape index (κ3) is 3.85. The summed E-state index contributed by atoms with van der Waals surface area (Å²) in [6.07, 6.45) is -4.46. The van der Waals surface area contributed by atoms with Crippen LogP contribution in [0.2, 0.25) is 10.0 Å². The Kier molecular flexibility index (Phi) is 4.89. The summed E-state index contributed by atoms with van der Waals surface area (Å²) in [5.74, 6) is 0. The lowest BCUT2D eigenvalue weighted by atomic mass is 10.2. The van der Waals surface area contributed by atoms with Crippen molar-refractivity contribution in [3.63, 3.8) is 0 Å². The van der Waals surface area contributed by atoms with Crippen molar-refractivity contribution < 1.29 is 18.1 Å². The van der Waals surface area contributed by atoms with Gasteiger partial charge in [-0.2, -0.15) is 13.2 Å². The summed E-state index contributed by atoms with van der Waals surface area (Å²) in [4.78, 5) is 10.6. The molecular formula is C13H6Cl2F3NO2S. The minimum absolute atomic E-state index is 0.00149. The zero-order chi connectivity index (χ0) is 16.5. The van der Waals surface area contributed by atoms with Crippen LogP contribution in [0.15, 0.2) is 46.2 Å². The molecule has 0 amide bonds. The molecule has 3 nitrogen and oxygen atoms in total. The first-order valence-electron chi connectivity index (χ1n) is 5.67. The lowest BCUT2D eigenvalue weighted by Crippen LogP contribution is -2.04. The lowest BCUT2D eigenvalue weighted by molar-refractivity contribution is -0.384. The van der Waals surface area contributed by atoms with Crippen LogP contribution in [-0.2, 0) is 6.18 Å². The molecule has 22 heavy (non-hydrogen) atoms. The van der Waals surface area contributed by atoms with Gasteiger partial charge < -0.3 is 0 Å². The summed E-state index contributed by atoms with van der Waals surface area (Å²) < 4.78 is 38.0. The van der Waals surface area contributed by atoms with Crippen molar-refractivity contribution >= 4 is 40.7 Å². The Hall–Kier alpha value is -1.44. The van der Waals surface area contributed by atoms with Crippen LogP contribution in [0.4, 0.5) is 18.9 Å². The highest BCUT2D eigenvalue weighted by Crippen LogP contribution is 2.42. The smallest absolute Gasteiger partial charge is 0.258 e.